The molecule has 0 atom stereocenters. The van der Waals surface area contributed by atoms with Crippen LogP contribution in [0.3, 0.4) is 0 Å². The molecule has 1 rings (SSSR count). The van der Waals surface area contributed by atoms with E-state index in [1.807, 2.05) is 0 Å². The molecule has 2 nitrogen and oxygen atoms in total. The lowest BCUT2D eigenvalue weighted by Crippen LogP contribution is -2.52. The van der Waals surface area contributed by atoms with Crippen LogP contribution < -0.4 is 5.32 Å². The predicted octanol–water partition coefficient (Wildman–Crippen LogP) is -0.645. The maximum Gasteiger partial charge on any atom is 0.0900 e. The summed E-state index contributed by atoms with van der Waals surface area (Å²) in [6.07, 6.45) is 0. The maximum atomic E-state index is 8.82. The van der Waals surface area contributed by atoms with Crippen molar-refractivity contribution in [3.8, 4) is 0 Å². The molecule has 0 aliphatic carbocycles. The van der Waals surface area contributed by atoms with Crippen molar-refractivity contribution in [3.05, 3.63) is 0 Å². The van der Waals surface area contributed by atoms with Gasteiger partial charge < -0.3 is 5.11 Å². The molecule has 0 bridgehead atoms. The van der Waals surface area contributed by atoms with Crippen molar-refractivity contribution in [2.45, 2.75) is 12.5 Å². The minimum Gasteiger partial charge on any atom is -0.387 e. The zero-order chi connectivity index (χ0) is 4.62. The summed E-state index contributed by atoms with van der Waals surface area (Å²) in [6.45, 7) is 3.06. The Morgan fingerprint density at radius 3 is 2.00 bits per heavy atom. The molecule has 0 amide bonds. The summed E-state index contributed by atoms with van der Waals surface area (Å²) in [7, 11) is 0. The van der Waals surface area contributed by atoms with E-state index in [9.17, 15) is 0 Å². The van der Waals surface area contributed by atoms with Gasteiger partial charge in [-0.3, -0.25) is 0 Å². The van der Waals surface area contributed by atoms with Crippen LogP contribution in [0.4, 0.5) is 0 Å². The first-order valence-corrected chi connectivity index (χ1v) is 2.06. The van der Waals surface area contributed by atoms with E-state index in [0.717, 1.165) is 0 Å². The average molecular weight is 86.1 g/mol. The van der Waals surface area contributed by atoms with Crippen LogP contribution in [0.2, 0.25) is 0 Å². The summed E-state index contributed by atoms with van der Waals surface area (Å²) in [5.41, 5.74) is -0.444. The first-order chi connectivity index (χ1) is 2.71. The Labute approximate surface area is 37.2 Å². The van der Waals surface area contributed by atoms with Gasteiger partial charge in [0, 0.05) is 13.1 Å². The van der Waals surface area contributed by atoms with Gasteiger partial charge in [0.15, 0.2) is 0 Å². The Bertz CT molecular complexity index is 54.6. The van der Waals surface area contributed by atoms with Gasteiger partial charge in [0.25, 0.3) is 0 Å². The second-order valence-corrected chi connectivity index (χ2v) is 2.04. The molecule has 1 N–H and O–H groups in total. The summed E-state index contributed by atoms with van der Waals surface area (Å²) in [4.78, 5) is 0. The highest BCUT2D eigenvalue weighted by atomic mass is 16.3. The third-order valence-electron chi connectivity index (χ3n) is 0.905. The van der Waals surface area contributed by atoms with Crippen molar-refractivity contribution >= 4 is 0 Å². The zero-order valence-corrected chi connectivity index (χ0v) is 3.81. The molecule has 0 aromatic heterocycles. The second-order valence-electron chi connectivity index (χ2n) is 2.04. The average Bonchev–Trinajstić information content (AvgIpc) is 1.32. The lowest BCUT2D eigenvalue weighted by atomic mass is 10.0. The van der Waals surface area contributed by atoms with E-state index < -0.39 is 5.60 Å². The van der Waals surface area contributed by atoms with Crippen molar-refractivity contribution < 1.29 is 5.11 Å². The predicted molar refractivity (Wildman–Crippen MR) is 22.5 cm³/mol. The molecule has 0 spiro atoms. The van der Waals surface area contributed by atoms with Crippen LogP contribution in [-0.4, -0.2) is 23.8 Å². The molecule has 35 valence electrons. The largest absolute Gasteiger partial charge is 0.387 e. The first kappa shape index (κ1) is 4.09. The number of nitrogens with zero attached hydrogens (tertiary/aromatic N) is 1. The molecule has 0 saturated carbocycles. The van der Waals surface area contributed by atoms with E-state index in [0.29, 0.717) is 13.1 Å². The van der Waals surface area contributed by atoms with Crippen molar-refractivity contribution in [2.24, 2.45) is 0 Å². The molecule has 0 unspecified atom stereocenters. The van der Waals surface area contributed by atoms with Gasteiger partial charge in [0.1, 0.15) is 0 Å². The molecular weight excluding hydrogens is 78.0 g/mol. The van der Waals surface area contributed by atoms with E-state index in [-0.39, 0.29) is 0 Å². The van der Waals surface area contributed by atoms with Crippen LogP contribution in [0.1, 0.15) is 6.92 Å². The van der Waals surface area contributed by atoms with Crippen LogP contribution >= 0.6 is 0 Å². The third-order valence-corrected chi connectivity index (χ3v) is 0.905. The smallest absolute Gasteiger partial charge is 0.0900 e. The van der Waals surface area contributed by atoms with Gasteiger partial charge in [-0.05, 0) is 6.92 Å². The molecule has 0 aromatic carbocycles. The van der Waals surface area contributed by atoms with Gasteiger partial charge in [0.2, 0.25) is 0 Å². The Kier molecular flexibility index (Phi) is 0.648. The topological polar surface area (TPSA) is 34.3 Å². The molecule has 0 aromatic rings. The molecule has 6 heavy (non-hydrogen) atoms. The molecule has 1 aliphatic heterocycles. The van der Waals surface area contributed by atoms with Crippen molar-refractivity contribution in [1.82, 2.24) is 5.32 Å². The number of hydrogen-bond acceptors (Lipinski definition) is 1. The van der Waals surface area contributed by atoms with Crippen LogP contribution in [0.15, 0.2) is 0 Å². The molecule has 1 radical (unpaired) electrons. The van der Waals surface area contributed by atoms with Crippen LogP contribution in [0.5, 0.6) is 0 Å². The van der Waals surface area contributed by atoms with E-state index >= 15 is 0 Å². The summed E-state index contributed by atoms with van der Waals surface area (Å²) in [5, 5.41) is 12.6. The van der Waals surface area contributed by atoms with Crippen LogP contribution in [0, 0.1) is 0 Å². The summed E-state index contributed by atoms with van der Waals surface area (Å²) >= 11 is 0. The summed E-state index contributed by atoms with van der Waals surface area (Å²) in [5.74, 6) is 0. The van der Waals surface area contributed by atoms with Gasteiger partial charge in [-0.1, -0.05) is 0 Å². The van der Waals surface area contributed by atoms with E-state index in [1.165, 1.54) is 0 Å². The zero-order valence-electron chi connectivity index (χ0n) is 3.81. The molecule has 1 fully saturated rings. The lowest BCUT2D eigenvalue weighted by molar-refractivity contribution is 0.00587. The fourth-order valence-electron chi connectivity index (χ4n) is 0.435. The van der Waals surface area contributed by atoms with Gasteiger partial charge in [-0.25, -0.2) is 5.32 Å². The van der Waals surface area contributed by atoms with Gasteiger partial charge >= 0.3 is 0 Å². The second kappa shape index (κ2) is 0.950. The molecule has 1 aliphatic rings. The normalized spacial score (nSPS) is 29.0. The number of aliphatic hydroxyl groups is 1. The monoisotopic (exact) mass is 86.1 g/mol. The molecule has 1 heterocycles. The molecule has 2 heteroatoms. The standard InChI is InChI=1S/C4H8NO/c1-4(6)2-5-3-4/h6H,2-3H2,1H3. The fourth-order valence-corrected chi connectivity index (χ4v) is 0.435. The quantitative estimate of drug-likeness (QED) is 0.418. The van der Waals surface area contributed by atoms with Crippen molar-refractivity contribution in [1.29, 1.82) is 0 Å². The summed E-state index contributed by atoms with van der Waals surface area (Å²) in [6, 6.07) is 0. The highest BCUT2D eigenvalue weighted by molar-refractivity contribution is 4.86. The Morgan fingerprint density at radius 1 is 1.67 bits per heavy atom. The summed E-state index contributed by atoms with van der Waals surface area (Å²) < 4.78 is 0. The maximum absolute atomic E-state index is 8.82. The van der Waals surface area contributed by atoms with Crippen LogP contribution in [-0.2, 0) is 0 Å². The minimum atomic E-state index is -0.444. The minimum absolute atomic E-state index is 0.444. The van der Waals surface area contributed by atoms with Crippen molar-refractivity contribution in [3.63, 3.8) is 0 Å². The molecule has 1 saturated heterocycles. The Hall–Kier alpha value is -0.0800. The highest BCUT2D eigenvalue weighted by Crippen LogP contribution is 2.08. The van der Waals surface area contributed by atoms with E-state index in [4.69, 9.17) is 5.11 Å². The third kappa shape index (κ3) is 0.533. The first-order valence-electron chi connectivity index (χ1n) is 2.06. The van der Waals surface area contributed by atoms with E-state index in [1.54, 1.807) is 6.92 Å². The van der Waals surface area contributed by atoms with Gasteiger partial charge in [-0.2, -0.15) is 0 Å². The Balaban J connectivity index is 2.31. The number of hydrogen-bond donors (Lipinski definition) is 1. The van der Waals surface area contributed by atoms with Gasteiger partial charge in [-0.15, -0.1) is 0 Å². The number of rotatable bonds is 0. The SMILES string of the molecule is CC1(O)C[N]C1. The van der Waals surface area contributed by atoms with Crippen LogP contribution in [0.25, 0.3) is 0 Å². The van der Waals surface area contributed by atoms with Gasteiger partial charge in [0.05, 0.1) is 5.60 Å². The highest BCUT2D eigenvalue weighted by Gasteiger charge is 2.28. The fraction of sp³-hybridized carbons (Fsp3) is 1.00. The van der Waals surface area contributed by atoms with Crippen molar-refractivity contribution in [2.75, 3.05) is 13.1 Å². The molecular formula is C4H8NO. The Morgan fingerprint density at radius 2 is 2.00 bits per heavy atom. The lowest BCUT2D eigenvalue weighted by Gasteiger charge is -2.31. The van der Waals surface area contributed by atoms with E-state index in [2.05, 4.69) is 5.32 Å².